The Bertz CT molecular complexity index is 1290. The molecule has 1 heterocycles. The highest BCUT2D eigenvalue weighted by Crippen LogP contribution is 2.38. The third kappa shape index (κ3) is 5.89. The number of esters is 1. The van der Waals surface area contributed by atoms with Gasteiger partial charge in [0.15, 0.2) is 5.60 Å². The zero-order valence-electron chi connectivity index (χ0n) is 19.3. The lowest BCUT2D eigenvalue weighted by molar-refractivity contribution is -0.160. The summed E-state index contributed by atoms with van der Waals surface area (Å²) < 4.78 is 91.5. The molecule has 3 rings (SSSR count). The second kappa shape index (κ2) is 9.70. The Hall–Kier alpha value is -3.77. The van der Waals surface area contributed by atoms with Gasteiger partial charge in [-0.05, 0) is 62.7 Å². The first-order chi connectivity index (χ1) is 16.6. The number of benzene rings is 2. The van der Waals surface area contributed by atoms with Gasteiger partial charge in [-0.1, -0.05) is 6.07 Å². The van der Waals surface area contributed by atoms with E-state index in [9.17, 15) is 35.9 Å². The summed E-state index contributed by atoms with van der Waals surface area (Å²) in [5.41, 5.74) is -4.41. The zero-order valence-corrected chi connectivity index (χ0v) is 19.3. The van der Waals surface area contributed by atoms with Crippen molar-refractivity contribution in [3.05, 3.63) is 76.0 Å². The van der Waals surface area contributed by atoms with Gasteiger partial charge in [-0.2, -0.15) is 31.4 Å². The maximum absolute atomic E-state index is 13.7. The van der Waals surface area contributed by atoms with Crippen LogP contribution >= 0.6 is 0 Å². The van der Waals surface area contributed by atoms with E-state index in [1.54, 1.807) is 6.92 Å². The van der Waals surface area contributed by atoms with Crippen molar-refractivity contribution < 1.29 is 40.6 Å². The number of ether oxygens (including phenoxy) is 2. The molecule has 0 spiro atoms. The number of carbonyl (C=O) groups is 1. The summed E-state index contributed by atoms with van der Waals surface area (Å²) in [6.45, 7) is 3.74. The number of rotatable bonds is 7. The highest BCUT2D eigenvalue weighted by Gasteiger charge is 2.39. The number of alkyl halides is 6. The standard InChI is InChI=1S/C23H21F6N3O4/c1-4-35-19(33)21(2,3)36-18-10-5-14(11-17(18)23(27,28)29)12-32-20(34)31(13-30-32)16-8-6-15(7-9-16)22(24,25)26/h5-11,13H,4,12H2,1-3H3. The number of hydrogen-bond donors (Lipinski definition) is 0. The molecule has 0 atom stereocenters. The van der Waals surface area contributed by atoms with Gasteiger partial charge in [0.2, 0.25) is 0 Å². The third-order valence-electron chi connectivity index (χ3n) is 5.02. The van der Waals surface area contributed by atoms with E-state index in [0.29, 0.717) is 0 Å². The largest absolute Gasteiger partial charge is 0.476 e. The van der Waals surface area contributed by atoms with Gasteiger partial charge in [-0.15, -0.1) is 0 Å². The smallest absolute Gasteiger partial charge is 0.419 e. The lowest BCUT2D eigenvalue weighted by atomic mass is 10.1. The minimum atomic E-state index is -4.85. The van der Waals surface area contributed by atoms with E-state index in [1.807, 2.05) is 0 Å². The molecule has 0 saturated heterocycles. The molecular formula is C23H21F6N3O4. The van der Waals surface area contributed by atoms with Crippen LogP contribution in [0.1, 0.15) is 37.5 Å². The summed E-state index contributed by atoms with van der Waals surface area (Å²) in [6.07, 6.45) is -8.35. The number of aromatic nitrogens is 3. The van der Waals surface area contributed by atoms with Crippen LogP contribution in [0.2, 0.25) is 0 Å². The van der Waals surface area contributed by atoms with Gasteiger partial charge in [-0.25, -0.2) is 18.8 Å². The van der Waals surface area contributed by atoms with E-state index < -0.39 is 46.5 Å². The fraction of sp³-hybridized carbons (Fsp3) is 0.348. The Balaban J connectivity index is 1.89. The van der Waals surface area contributed by atoms with Crippen molar-refractivity contribution in [2.24, 2.45) is 0 Å². The number of halogens is 6. The van der Waals surface area contributed by atoms with E-state index in [-0.39, 0.29) is 24.4 Å². The maximum Gasteiger partial charge on any atom is 0.419 e. The first-order valence-electron chi connectivity index (χ1n) is 10.5. The molecule has 2 aromatic carbocycles. The van der Waals surface area contributed by atoms with Gasteiger partial charge in [0.05, 0.1) is 30.0 Å². The molecule has 194 valence electrons. The maximum atomic E-state index is 13.7. The number of nitrogens with zero attached hydrogens (tertiary/aromatic N) is 3. The molecular weight excluding hydrogens is 496 g/mol. The van der Waals surface area contributed by atoms with Crippen LogP contribution in [0.15, 0.2) is 53.6 Å². The van der Waals surface area contributed by atoms with Crippen LogP contribution in [0, 0.1) is 0 Å². The molecule has 0 unspecified atom stereocenters. The first-order valence-corrected chi connectivity index (χ1v) is 10.5. The van der Waals surface area contributed by atoms with Gasteiger partial charge in [0.1, 0.15) is 12.1 Å². The monoisotopic (exact) mass is 517 g/mol. The van der Waals surface area contributed by atoms with E-state index in [4.69, 9.17) is 9.47 Å². The fourth-order valence-electron chi connectivity index (χ4n) is 3.21. The minimum Gasteiger partial charge on any atom is -0.476 e. The molecule has 0 N–H and O–H groups in total. The second-order valence-corrected chi connectivity index (χ2v) is 8.15. The summed E-state index contributed by atoms with van der Waals surface area (Å²) >= 11 is 0. The van der Waals surface area contributed by atoms with Crippen molar-refractivity contribution >= 4 is 5.97 Å². The van der Waals surface area contributed by atoms with Crippen LogP contribution in [-0.2, 0) is 28.4 Å². The van der Waals surface area contributed by atoms with E-state index in [2.05, 4.69) is 5.10 Å². The lowest BCUT2D eigenvalue weighted by Crippen LogP contribution is -2.40. The summed E-state index contributed by atoms with van der Waals surface area (Å²) in [7, 11) is 0. The Labute approximate surface area is 200 Å². The molecule has 0 saturated carbocycles. The molecule has 13 heteroatoms. The molecule has 0 bridgehead atoms. The van der Waals surface area contributed by atoms with Crippen molar-refractivity contribution in [2.75, 3.05) is 6.61 Å². The molecule has 0 aliphatic carbocycles. The Morgan fingerprint density at radius 3 is 2.17 bits per heavy atom. The van der Waals surface area contributed by atoms with Gasteiger partial charge in [0, 0.05) is 0 Å². The Morgan fingerprint density at radius 2 is 1.61 bits per heavy atom. The average molecular weight is 517 g/mol. The lowest BCUT2D eigenvalue weighted by Gasteiger charge is -2.26. The van der Waals surface area contributed by atoms with Crippen LogP contribution in [0.25, 0.3) is 5.69 Å². The molecule has 0 fully saturated rings. The SMILES string of the molecule is CCOC(=O)C(C)(C)Oc1ccc(Cn2ncn(-c3ccc(C(F)(F)F)cc3)c2=O)cc1C(F)(F)F. The molecule has 3 aromatic rings. The second-order valence-electron chi connectivity index (χ2n) is 8.15. The molecule has 0 amide bonds. The third-order valence-corrected chi connectivity index (χ3v) is 5.02. The van der Waals surface area contributed by atoms with Gasteiger partial charge >= 0.3 is 24.0 Å². The normalized spacial score (nSPS) is 12.5. The predicted octanol–water partition coefficient (Wildman–Crippen LogP) is 4.84. The quantitative estimate of drug-likeness (QED) is 0.331. The summed E-state index contributed by atoms with van der Waals surface area (Å²) in [4.78, 5) is 24.7. The molecule has 0 radical (unpaired) electrons. The van der Waals surface area contributed by atoms with Crippen LogP contribution in [-0.4, -0.2) is 32.5 Å². The summed E-state index contributed by atoms with van der Waals surface area (Å²) in [5, 5.41) is 3.85. The predicted molar refractivity (Wildman–Crippen MR) is 115 cm³/mol. The van der Waals surface area contributed by atoms with Gasteiger partial charge < -0.3 is 9.47 Å². The van der Waals surface area contributed by atoms with E-state index >= 15 is 0 Å². The molecule has 7 nitrogen and oxygen atoms in total. The first kappa shape index (κ1) is 26.8. The molecule has 0 aliphatic rings. The topological polar surface area (TPSA) is 75.3 Å². The van der Waals surface area contributed by atoms with Gasteiger partial charge in [-0.3, -0.25) is 0 Å². The van der Waals surface area contributed by atoms with Gasteiger partial charge in [0.25, 0.3) is 0 Å². The molecule has 0 aliphatic heterocycles. The average Bonchev–Trinajstić information content (AvgIpc) is 3.13. The number of hydrogen-bond acceptors (Lipinski definition) is 5. The minimum absolute atomic E-state index is 0.0184. The van der Waals surface area contributed by atoms with E-state index in [1.165, 1.54) is 19.9 Å². The highest BCUT2D eigenvalue weighted by molar-refractivity contribution is 5.79. The van der Waals surface area contributed by atoms with Crippen LogP contribution < -0.4 is 10.4 Å². The van der Waals surface area contributed by atoms with Crippen LogP contribution in [0.5, 0.6) is 5.75 Å². The van der Waals surface area contributed by atoms with Crippen LogP contribution in [0.3, 0.4) is 0 Å². The highest BCUT2D eigenvalue weighted by atomic mass is 19.4. The Kier molecular flexibility index (Phi) is 7.23. The van der Waals surface area contributed by atoms with Crippen molar-refractivity contribution in [1.82, 2.24) is 14.3 Å². The van der Waals surface area contributed by atoms with Crippen molar-refractivity contribution in [3.63, 3.8) is 0 Å². The summed E-state index contributed by atoms with van der Waals surface area (Å²) in [5.74, 6) is -1.45. The zero-order chi connectivity index (χ0) is 26.9. The van der Waals surface area contributed by atoms with Crippen molar-refractivity contribution in [1.29, 1.82) is 0 Å². The van der Waals surface area contributed by atoms with Crippen molar-refractivity contribution in [3.8, 4) is 11.4 Å². The van der Waals surface area contributed by atoms with Crippen LogP contribution in [0.4, 0.5) is 26.3 Å². The van der Waals surface area contributed by atoms with Crippen molar-refractivity contribution in [2.45, 2.75) is 45.3 Å². The molecule has 36 heavy (non-hydrogen) atoms. The number of carbonyl (C=O) groups excluding carboxylic acids is 1. The molecule has 1 aromatic heterocycles. The van der Waals surface area contributed by atoms with E-state index in [0.717, 1.165) is 52.0 Å². The fourth-order valence-corrected chi connectivity index (χ4v) is 3.21. The summed E-state index contributed by atoms with van der Waals surface area (Å²) in [6, 6.07) is 6.81. The Morgan fingerprint density at radius 1 is 0.972 bits per heavy atom.